The van der Waals surface area contributed by atoms with E-state index in [-0.39, 0.29) is 57.3 Å². The van der Waals surface area contributed by atoms with Crippen molar-refractivity contribution in [2.45, 2.75) is 167 Å². The van der Waals surface area contributed by atoms with Crippen molar-refractivity contribution in [1.82, 2.24) is 0 Å². The van der Waals surface area contributed by atoms with Crippen LogP contribution in [0.1, 0.15) is 183 Å². The van der Waals surface area contributed by atoms with Gasteiger partial charge in [0.2, 0.25) is 0 Å². The van der Waals surface area contributed by atoms with Crippen LogP contribution in [0.25, 0.3) is 22.3 Å². The number of hydrogen-bond donors (Lipinski definition) is 0. The fourth-order valence-corrected chi connectivity index (χ4v) is 8.77. The molecule has 65 heavy (non-hydrogen) atoms. The SMILES string of the molecule is CC(C)(C)C1=[C-]C(C)(C)c2cc3c(cc21)-c1cc2c(cc1C3)C(C)(C)C=C2C(C)(C)C.CC(C)(C)c1cc[c-]cc1.CC(C)(C)c1cc[c-]cc1.CC1[C-]=CC(C(C)(C)C)=C1.Cl.Cl.[CH2]=[Zr]. The maximum absolute atomic E-state index is 3.85. The van der Waals surface area contributed by atoms with Gasteiger partial charge in [-0.2, -0.15) is 89.0 Å². The van der Waals surface area contributed by atoms with E-state index in [9.17, 15) is 0 Å². The van der Waals surface area contributed by atoms with E-state index in [1.807, 2.05) is 24.3 Å². The number of hydrogen-bond acceptors (Lipinski definition) is 0. The van der Waals surface area contributed by atoms with E-state index >= 15 is 0 Å². The standard InChI is InChI=1S/C31H37.C10H15.2C10H13.CH2.2ClH.Zr/c1-28(2,3)26-16-30(7,8)24-12-18-11-19-13-25-23(15-21(19)20(18)14-22(24)26)27(29(4,5)6)17-31(25,9)10;1-8-5-6-9(7-8)10(2,3)4;2*1-10(2,3)9-7-5-4-6-8-9;;;;/h12-16H,11H2,1-10H3;6-8H,1-4H3;2*5-8H,1-3H3;1H2;2*1H;/q4*-1;;;;. The van der Waals surface area contributed by atoms with Crippen LogP contribution in [-0.4, -0.2) is 4.21 Å². The predicted octanol–water partition coefficient (Wildman–Crippen LogP) is 17.8. The van der Waals surface area contributed by atoms with Crippen LogP contribution in [-0.2, 0) is 52.3 Å². The second-order valence-corrected chi connectivity index (χ2v) is 24.2. The summed E-state index contributed by atoms with van der Waals surface area (Å²) in [5.41, 5.74) is 19.9. The third-order valence-electron chi connectivity index (χ3n) is 12.6. The van der Waals surface area contributed by atoms with Gasteiger partial charge in [0, 0.05) is 5.41 Å². The number of rotatable bonds is 0. The Morgan fingerprint density at radius 2 is 0.985 bits per heavy atom. The summed E-state index contributed by atoms with van der Waals surface area (Å²) in [6.45, 7) is 45.5. The summed E-state index contributed by atoms with van der Waals surface area (Å²) < 4.78 is 3.34. The zero-order valence-corrected chi connectivity index (χ0v) is 48.1. The van der Waals surface area contributed by atoms with Gasteiger partial charge in [0.25, 0.3) is 0 Å². The van der Waals surface area contributed by atoms with E-state index in [1.165, 1.54) is 96.6 Å². The van der Waals surface area contributed by atoms with E-state index in [0.29, 0.717) is 11.3 Å². The summed E-state index contributed by atoms with van der Waals surface area (Å²) in [5, 5.41) is 0. The second-order valence-electron chi connectivity index (χ2n) is 24.2. The first kappa shape index (κ1) is 58.3. The van der Waals surface area contributed by atoms with Gasteiger partial charge in [0.15, 0.2) is 0 Å². The molecule has 0 fully saturated rings. The van der Waals surface area contributed by atoms with E-state index in [4.69, 9.17) is 0 Å². The Morgan fingerprint density at radius 1 is 0.554 bits per heavy atom. The summed E-state index contributed by atoms with van der Waals surface area (Å²) in [7, 11) is 0. The minimum atomic E-state index is -0.0202. The molecule has 3 heteroatoms. The molecular formula is C62H82Cl2Zr-4. The molecule has 0 saturated heterocycles. The molecule has 0 radical (unpaired) electrons. The third-order valence-corrected chi connectivity index (χ3v) is 12.6. The van der Waals surface area contributed by atoms with Crippen LogP contribution in [0.2, 0.25) is 0 Å². The molecule has 1 atom stereocenters. The molecule has 0 bridgehead atoms. The molecule has 4 aliphatic rings. The van der Waals surface area contributed by atoms with Gasteiger partial charge in [-0.05, 0) is 73.1 Å². The third kappa shape index (κ3) is 14.4. The molecule has 4 aromatic rings. The van der Waals surface area contributed by atoms with Crippen molar-refractivity contribution in [1.29, 1.82) is 0 Å². The average Bonchev–Trinajstić information content (AvgIpc) is 3.92. The first-order valence-electron chi connectivity index (χ1n) is 23.2. The number of halogens is 2. The van der Waals surface area contributed by atoms with Gasteiger partial charge < -0.3 is 0 Å². The molecule has 4 aliphatic carbocycles. The van der Waals surface area contributed by atoms with Crippen LogP contribution in [0.15, 0.2) is 96.6 Å². The molecule has 0 aliphatic heterocycles. The Balaban J connectivity index is 0.000000350. The van der Waals surface area contributed by atoms with Crippen LogP contribution in [0, 0.1) is 46.4 Å². The molecule has 352 valence electrons. The van der Waals surface area contributed by atoms with Crippen LogP contribution >= 0.6 is 24.8 Å². The van der Waals surface area contributed by atoms with Crippen molar-refractivity contribution in [3.8, 4) is 11.1 Å². The zero-order chi connectivity index (χ0) is 47.7. The number of benzene rings is 4. The molecule has 1 unspecified atom stereocenters. The summed E-state index contributed by atoms with van der Waals surface area (Å²) in [5.74, 6) is 0.522. The van der Waals surface area contributed by atoms with Gasteiger partial charge in [-0.25, -0.2) is 11.6 Å². The first-order chi connectivity index (χ1) is 28.8. The average molecular weight is 989 g/mol. The Hall–Kier alpha value is -2.83. The Kier molecular flexibility index (Phi) is 19.4. The molecule has 0 saturated carbocycles. The number of fused-ring (bicyclic) bond motifs is 5. The molecule has 0 spiro atoms. The van der Waals surface area contributed by atoms with Crippen molar-refractivity contribution in [2.24, 2.45) is 22.2 Å². The summed E-state index contributed by atoms with van der Waals surface area (Å²) in [6.07, 6.45) is 15.1. The quantitative estimate of drug-likeness (QED) is 0.136. The van der Waals surface area contributed by atoms with E-state index in [0.717, 1.165) is 6.42 Å². The Morgan fingerprint density at radius 3 is 1.32 bits per heavy atom. The van der Waals surface area contributed by atoms with Crippen LogP contribution in [0.5, 0.6) is 0 Å². The van der Waals surface area contributed by atoms with Gasteiger partial charge in [0.1, 0.15) is 0 Å². The molecule has 0 heterocycles. The van der Waals surface area contributed by atoms with Crippen molar-refractivity contribution < 1.29 is 24.2 Å². The van der Waals surface area contributed by atoms with Gasteiger partial charge in [-0.1, -0.05) is 173 Å². The van der Waals surface area contributed by atoms with Gasteiger partial charge in [-0.3, -0.25) is 12.2 Å². The monoisotopic (exact) mass is 986 g/mol. The second kappa shape index (κ2) is 21.6. The van der Waals surface area contributed by atoms with Crippen molar-refractivity contribution in [2.75, 3.05) is 0 Å². The van der Waals surface area contributed by atoms with Gasteiger partial charge in [0.05, 0.1) is 0 Å². The fraction of sp³-hybridized carbons (Fsp3) is 0.468. The van der Waals surface area contributed by atoms with Crippen molar-refractivity contribution >= 4 is 40.2 Å². The minimum absolute atomic E-state index is 0. The normalized spacial score (nSPS) is 17.0. The molecule has 0 amide bonds. The summed E-state index contributed by atoms with van der Waals surface area (Å²) in [6, 6.07) is 32.3. The first-order valence-corrected chi connectivity index (χ1v) is 24.9. The maximum atomic E-state index is 3.85. The molecule has 0 aromatic heterocycles. The Labute approximate surface area is 426 Å². The van der Waals surface area contributed by atoms with Gasteiger partial charge >= 0.3 is 28.4 Å². The van der Waals surface area contributed by atoms with E-state index in [1.54, 1.807) is 0 Å². The van der Waals surface area contributed by atoms with Crippen molar-refractivity contribution in [3.05, 3.63) is 165 Å². The molecular weight excluding hydrogens is 907 g/mol. The summed E-state index contributed by atoms with van der Waals surface area (Å²) >= 11 is 1.30. The predicted molar refractivity (Wildman–Crippen MR) is 288 cm³/mol. The fourth-order valence-electron chi connectivity index (χ4n) is 8.77. The van der Waals surface area contributed by atoms with E-state index in [2.05, 4.69) is 234 Å². The van der Waals surface area contributed by atoms with Crippen molar-refractivity contribution in [3.63, 3.8) is 0 Å². The molecule has 0 nitrogen and oxygen atoms in total. The number of allylic oxidation sites excluding steroid dienone is 8. The zero-order valence-electron chi connectivity index (χ0n) is 44.0. The molecule has 0 N–H and O–H groups in total. The topological polar surface area (TPSA) is 0 Å². The van der Waals surface area contributed by atoms with Gasteiger partial charge in [-0.15, -0.1) is 36.4 Å². The van der Waals surface area contributed by atoms with Crippen LogP contribution in [0.3, 0.4) is 0 Å². The Bertz CT molecular complexity index is 2200. The van der Waals surface area contributed by atoms with Crippen LogP contribution in [0.4, 0.5) is 0 Å². The van der Waals surface area contributed by atoms with E-state index < -0.39 is 0 Å². The van der Waals surface area contributed by atoms with Crippen LogP contribution < -0.4 is 0 Å². The summed E-state index contributed by atoms with van der Waals surface area (Å²) in [4.78, 5) is 0. The molecule has 4 aromatic carbocycles. The molecule has 8 rings (SSSR count).